The van der Waals surface area contributed by atoms with Crippen LogP contribution in [-0.2, 0) is 0 Å². The van der Waals surface area contributed by atoms with E-state index in [9.17, 15) is 9.59 Å². The van der Waals surface area contributed by atoms with Gasteiger partial charge in [0.1, 0.15) is 0 Å². The van der Waals surface area contributed by atoms with Gasteiger partial charge in [-0.15, -0.1) is 0 Å². The Morgan fingerprint density at radius 2 is 1.04 bits per heavy atom. The van der Waals surface area contributed by atoms with E-state index in [1.807, 2.05) is 12.1 Å². The molecule has 0 aliphatic carbocycles. The summed E-state index contributed by atoms with van der Waals surface area (Å²) in [5.41, 5.74) is 2.05. The maximum Gasteiger partial charge on any atom is 0.251 e. The van der Waals surface area contributed by atoms with Crippen LogP contribution in [0.2, 0.25) is 0 Å². The Hall–Kier alpha value is -3.64. The van der Waals surface area contributed by atoms with E-state index in [4.69, 9.17) is 10.5 Å². The van der Waals surface area contributed by atoms with Crippen molar-refractivity contribution in [2.75, 3.05) is 13.1 Å². The molecule has 0 aliphatic heterocycles. The molecule has 130 valence electrons. The van der Waals surface area contributed by atoms with E-state index in [0.717, 1.165) is 12.8 Å². The minimum absolute atomic E-state index is 0.184. The molecule has 0 spiro atoms. The molecular weight excluding hydrogens is 328 g/mol. The number of carbonyl (C=O) groups is 2. The number of benzene rings is 2. The lowest BCUT2D eigenvalue weighted by Crippen LogP contribution is -2.27. The van der Waals surface area contributed by atoms with E-state index in [1.54, 1.807) is 48.5 Å². The summed E-state index contributed by atoms with van der Waals surface area (Å²) in [6.07, 6.45) is 1.46. The molecule has 0 saturated carbocycles. The molecular formula is C20H18N4O2. The van der Waals surface area contributed by atoms with Gasteiger partial charge in [-0.05, 0) is 61.4 Å². The molecule has 0 aromatic heterocycles. The second kappa shape index (κ2) is 9.61. The lowest BCUT2D eigenvalue weighted by Gasteiger charge is -2.07. The number of hydrogen-bond donors (Lipinski definition) is 2. The first-order valence-corrected chi connectivity index (χ1v) is 8.21. The van der Waals surface area contributed by atoms with Crippen molar-refractivity contribution in [2.24, 2.45) is 0 Å². The summed E-state index contributed by atoms with van der Waals surface area (Å²) in [5, 5.41) is 23.1. The molecule has 2 aromatic rings. The van der Waals surface area contributed by atoms with Crippen molar-refractivity contribution in [1.29, 1.82) is 10.5 Å². The Morgan fingerprint density at radius 1 is 0.692 bits per heavy atom. The number of nitrogens with zero attached hydrogens (tertiary/aromatic N) is 2. The summed E-state index contributed by atoms with van der Waals surface area (Å²) < 4.78 is 0. The van der Waals surface area contributed by atoms with Crippen LogP contribution < -0.4 is 10.6 Å². The summed E-state index contributed by atoms with van der Waals surface area (Å²) >= 11 is 0. The quantitative estimate of drug-likeness (QED) is 0.751. The van der Waals surface area contributed by atoms with Crippen molar-refractivity contribution < 1.29 is 9.59 Å². The van der Waals surface area contributed by atoms with E-state index in [0.29, 0.717) is 35.3 Å². The maximum atomic E-state index is 11.9. The monoisotopic (exact) mass is 346 g/mol. The number of hydrogen-bond acceptors (Lipinski definition) is 4. The van der Waals surface area contributed by atoms with Gasteiger partial charge in [-0.2, -0.15) is 10.5 Å². The third-order valence-corrected chi connectivity index (χ3v) is 3.73. The molecule has 2 rings (SSSR count). The van der Waals surface area contributed by atoms with Crippen LogP contribution in [0, 0.1) is 22.7 Å². The first-order chi connectivity index (χ1) is 12.6. The Kier molecular flexibility index (Phi) is 6.91. The smallest absolute Gasteiger partial charge is 0.251 e. The van der Waals surface area contributed by atoms with Crippen molar-refractivity contribution in [3.8, 4) is 12.1 Å². The molecule has 0 bridgehead atoms. The molecule has 0 atom stereocenters. The van der Waals surface area contributed by atoms with Gasteiger partial charge in [-0.1, -0.05) is 0 Å². The molecule has 2 amide bonds. The lowest BCUT2D eigenvalue weighted by atomic mass is 10.1. The molecule has 2 aromatic carbocycles. The summed E-state index contributed by atoms with van der Waals surface area (Å²) in [7, 11) is 0. The highest BCUT2D eigenvalue weighted by atomic mass is 16.2. The highest BCUT2D eigenvalue weighted by molar-refractivity contribution is 5.94. The fraction of sp³-hybridized carbons (Fsp3) is 0.200. The third-order valence-electron chi connectivity index (χ3n) is 3.73. The van der Waals surface area contributed by atoms with Gasteiger partial charge < -0.3 is 10.6 Å². The highest BCUT2D eigenvalue weighted by Crippen LogP contribution is 2.04. The molecule has 0 heterocycles. The zero-order chi connectivity index (χ0) is 18.8. The summed E-state index contributed by atoms with van der Waals surface area (Å²) in [4.78, 5) is 23.9. The largest absolute Gasteiger partial charge is 0.352 e. The SMILES string of the molecule is N#Cc1ccc(C(=O)NCCCCNC(=O)c2ccc(C#N)cc2)cc1. The molecule has 6 nitrogen and oxygen atoms in total. The third kappa shape index (κ3) is 5.47. The molecule has 2 N–H and O–H groups in total. The van der Waals surface area contributed by atoms with E-state index in [-0.39, 0.29) is 11.8 Å². The topological polar surface area (TPSA) is 106 Å². The number of nitrogens with one attached hydrogen (secondary N) is 2. The second-order valence-corrected chi connectivity index (χ2v) is 5.60. The van der Waals surface area contributed by atoms with Crippen LogP contribution in [0.25, 0.3) is 0 Å². The number of carbonyl (C=O) groups excluding carboxylic acids is 2. The van der Waals surface area contributed by atoms with Crippen LogP contribution in [-0.4, -0.2) is 24.9 Å². The molecule has 0 unspecified atom stereocenters. The number of rotatable bonds is 7. The molecule has 0 radical (unpaired) electrons. The van der Waals surface area contributed by atoms with Crippen molar-refractivity contribution >= 4 is 11.8 Å². The van der Waals surface area contributed by atoms with Gasteiger partial charge in [0.15, 0.2) is 0 Å². The Balaban J connectivity index is 1.64. The number of unbranched alkanes of at least 4 members (excludes halogenated alkanes) is 1. The van der Waals surface area contributed by atoms with Crippen molar-refractivity contribution in [3.05, 3.63) is 70.8 Å². The zero-order valence-electron chi connectivity index (χ0n) is 14.2. The molecule has 26 heavy (non-hydrogen) atoms. The number of nitriles is 2. The molecule has 0 aliphatic rings. The summed E-state index contributed by atoms with van der Waals surface area (Å²) in [6, 6.07) is 16.9. The fourth-order valence-electron chi connectivity index (χ4n) is 2.25. The standard InChI is InChI=1S/C20H18N4O2/c21-13-15-3-7-17(8-4-15)19(25)23-11-1-2-12-24-20(26)18-9-5-16(14-22)6-10-18/h3-10H,1-2,11-12H2,(H,23,25)(H,24,26). The minimum Gasteiger partial charge on any atom is -0.352 e. The number of amides is 2. The van der Waals surface area contributed by atoms with Gasteiger partial charge in [0.2, 0.25) is 0 Å². The van der Waals surface area contributed by atoms with Gasteiger partial charge >= 0.3 is 0 Å². The average molecular weight is 346 g/mol. The first-order valence-electron chi connectivity index (χ1n) is 8.21. The van der Waals surface area contributed by atoms with Crippen LogP contribution in [0.1, 0.15) is 44.7 Å². The Morgan fingerprint density at radius 3 is 1.35 bits per heavy atom. The normalized spacial score (nSPS) is 9.62. The first kappa shape index (κ1) is 18.7. The van der Waals surface area contributed by atoms with E-state index in [2.05, 4.69) is 10.6 Å². The van der Waals surface area contributed by atoms with Crippen LogP contribution >= 0.6 is 0 Å². The minimum atomic E-state index is -0.184. The summed E-state index contributed by atoms with van der Waals surface area (Å²) in [6.45, 7) is 1.01. The van der Waals surface area contributed by atoms with E-state index in [1.165, 1.54) is 0 Å². The van der Waals surface area contributed by atoms with E-state index >= 15 is 0 Å². The highest BCUT2D eigenvalue weighted by Gasteiger charge is 2.06. The van der Waals surface area contributed by atoms with Gasteiger partial charge in [-0.3, -0.25) is 9.59 Å². The molecule has 0 fully saturated rings. The van der Waals surface area contributed by atoms with E-state index < -0.39 is 0 Å². The Labute approximate surface area is 152 Å². The fourth-order valence-corrected chi connectivity index (χ4v) is 2.25. The summed E-state index contributed by atoms with van der Waals surface area (Å²) in [5.74, 6) is -0.368. The van der Waals surface area contributed by atoms with Crippen molar-refractivity contribution in [3.63, 3.8) is 0 Å². The van der Waals surface area contributed by atoms with Gasteiger partial charge in [0.05, 0.1) is 23.3 Å². The molecule has 0 saturated heterocycles. The van der Waals surface area contributed by atoms with Crippen LogP contribution in [0.3, 0.4) is 0 Å². The predicted molar refractivity (Wildman–Crippen MR) is 96.2 cm³/mol. The second-order valence-electron chi connectivity index (χ2n) is 5.60. The van der Waals surface area contributed by atoms with Crippen LogP contribution in [0.5, 0.6) is 0 Å². The van der Waals surface area contributed by atoms with Crippen molar-refractivity contribution in [1.82, 2.24) is 10.6 Å². The zero-order valence-corrected chi connectivity index (χ0v) is 14.2. The maximum absolute atomic E-state index is 11.9. The van der Waals surface area contributed by atoms with Gasteiger partial charge in [0.25, 0.3) is 11.8 Å². The lowest BCUT2D eigenvalue weighted by molar-refractivity contribution is 0.0939. The van der Waals surface area contributed by atoms with Crippen LogP contribution in [0.4, 0.5) is 0 Å². The average Bonchev–Trinajstić information content (AvgIpc) is 2.70. The predicted octanol–water partition coefficient (Wildman–Crippen LogP) is 2.37. The van der Waals surface area contributed by atoms with Gasteiger partial charge in [-0.25, -0.2) is 0 Å². The van der Waals surface area contributed by atoms with Crippen molar-refractivity contribution in [2.45, 2.75) is 12.8 Å². The molecule has 6 heteroatoms. The Bertz CT molecular complexity index is 770. The van der Waals surface area contributed by atoms with Gasteiger partial charge in [0, 0.05) is 24.2 Å². The van der Waals surface area contributed by atoms with Crippen LogP contribution in [0.15, 0.2) is 48.5 Å².